The van der Waals surface area contributed by atoms with Crippen LogP contribution in [-0.2, 0) is 9.59 Å². The summed E-state index contributed by atoms with van der Waals surface area (Å²) in [7, 11) is 3.93. The molecule has 0 unspecified atom stereocenters. The quantitative estimate of drug-likeness (QED) is 0.501. The number of ketones is 2. The molecule has 0 heterocycles. The van der Waals surface area contributed by atoms with Crippen LogP contribution in [0.5, 0.6) is 0 Å². The van der Waals surface area contributed by atoms with E-state index in [9.17, 15) is 9.59 Å². The lowest BCUT2D eigenvalue weighted by atomic mass is 9.80. The van der Waals surface area contributed by atoms with E-state index in [-0.39, 0.29) is 35.9 Å². The van der Waals surface area contributed by atoms with E-state index in [1.165, 1.54) is 0 Å². The van der Waals surface area contributed by atoms with Crippen LogP contribution < -0.4 is 5.32 Å². The highest BCUT2D eigenvalue weighted by molar-refractivity contribution is 6.33. The lowest BCUT2D eigenvalue weighted by Gasteiger charge is -2.23. The Morgan fingerprint density at radius 3 is 2.48 bits per heavy atom. The molecule has 0 saturated heterocycles. The highest BCUT2D eigenvalue weighted by atomic mass is 35.5. The van der Waals surface area contributed by atoms with Crippen LogP contribution in [0.15, 0.2) is 30.0 Å². The van der Waals surface area contributed by atoms with E-state index in [0.717, 1.165) is 12.1 Å². The van der Waals surface area contributed by atoms with Crippen molar-refractivity contribution in [3.63, 3.8) is 0 Å². The predicted octanol–water partition coefficient (Wildman–Crippen LogP) is 3.04. The number of nitrogens with one attached hydrogen (secondary N) is 1. The minimum Gasteiger partial charge on any atom is -0.389 e. The monoisotopic (exact) mass is 354 g/mol. The third-order valence-corrected chi connectivity index (χ3v) is 4.39. The highest BCUT2D eigenvalue weighted by Gasteiger charge is 2.32. The van der Waals surface area contributed by atoms with Crippen LogP contribution in [0.4, 0.5) is 0 Å². The van der Waals surface area contributed by atoms with Crippen molar-refractivity contribution in [3.8, 4) is 0 Å². The molecule has 0 bridgehead atoms. The normalized spacial score (nSPS) is 18.5. The Hall–Kier alpha value is -1.36. The van der Waals surface area contributed by atoms with Gasteiger partial charge >= 0.3 is 0 Å². The van der Waals surface area contributed by atoms with Gasteiger partial charge in [-0.15, -0.1) is 0 Å². The molecule has 1 aliphatic carbocycles. The van der Waals surface area contributed by atoms with Gasteiger partial charge in [-0.05, 0) is 43.8 Å². The molecule has 1 N–H and O–H groups in total. The molecule has 1 fully saturated rings. The molecule has 2 rings (SSSR count). The third kappa shape index (κ3) is 4.80. The molecule has 124 valence electrons. The number of hydrogen-bond donors (Lipinski definition) is 1. The van der Waals surface area contributed by atoms with Gasteiger partial charge in [0.2, 0.25) is 0 Å². The molecule has 1 saturated carbocycles. The van der Waals surface area contributed by atoms with E-state index in [1.807, 2.05) is 19.0 Å². The van der Waals surface area contributed by atoms with Gasteiger partial charge < -0.3 is 10.2 Å². The number of benzene rings is 1. The van der Waals surface area contributed by atoms with Crippen LogP contribution in [0, 0.1) is 0 Å². The lowest BCUT2D eigenvalue weighted by Crippen LogP contribution is -2.28. The Kier molecular flexibility index (Phi) is 6.22. The van der Waals surface area contributed by atoms with Gasteiger partial charge in [0.25, 0.3) is 0 Å². The number of nitrogens with zero attached hydrogens (tertiary/aromatic N) is 1. The molecule has 1 aromatic carbocycles. The summed E-state index contributed by atoms with van der Waals surface area (Å²) in [5.41, 5.74) is 1.01. The minimum atomic E-state index is -0.208. The number of allylic oxidation sites excluding steroid dienone is 1. The van der Waals surface area contributed by atoms with Crippen molar-refractivity contribution in [1.82, 2.24) is 10.2 Å². The summed E-state index contributed by atoms with van der Waals surface area (Å²) >= 11 is 12.2. The zero-order valence-electron chi connectivity index (χ0n) is 13.2. The van der Waals surface area contributed by atoms with Crippen molar-refractivity contribution in [2.45, 2.75) is 18.8 Å². The summed E-state index contributed by atoms with van der Waals surface area (Å²) in [6.45, 7) is 1.51. The van der Waals surface area contributed by atoms with E-state index < -0.39 is 0 Å². The SMILES string of the molecule is CN(C)CCNC=C1C(=O)CC(c2cc(Cl)ccc2Cl)CC1=O. The topological polar surface area (TPSA) is 49.4 Å². The molecule has 1 aliphatic rings. The van der Waals surface area contributed by atoms with E-state index in [1.54, 1.807) is 24.4 Å². The fourth-order valence-electron chi connectivity index (χ4n) is 2.57. The van der Waals surface area contributed by atoms with Gasteiger partial charge in [0.15, 0.2) is 11.6 Å². The predicted molar refractivity (Wildman–Crippen MR) is 93.1 cm³/mol. The van der Waals surface area contributed by atoms with Gasteiger partial charge in [-0.3, -0.25) is 9.59 Å². The summed E-state index contributed by atoms with van der Waals surface area (Å²) in [6, 6.07) is 5.13. The largest absolute Gasteiger partial charge is 0.389 e. The second-order valence-electron chi connectivity index (χ2n) is 5.93. The second-order valence-corrected chi connectivity index (χ2v) is 6.78. The van der Waals surface area contributed by atoms with E-state index in [4.69, 9.17) is 23.2 Å². The zero-order chi connectivity index (χ0) is 17.0. The van der Waals surface area contributed by atoms with E-state index >= 15 is 0 Å². The fourth-order valence-corrected chi connectivity index (χ4v) is 3.02. The number of halogens is 2. The highest BCUT2D eigenvalue weighted by Crippen LogP contribution is 2.36. The Labute approximate surface area is 146 Å². The number of likely N-dealkylation sites (N-methyl/N-ethyl adjacent to an activating group) is 1. The molecule has 4 nitrogen and oxygen atoms in total. The molecule has 1 aromatic rings. The van der Waals surface area contributed by atoms with Crippen LogP contribution in [0.2, 0.25) is 10.0 Å². The molecule has 0 spiro atoms. The second kappa shape index (κ2) is 7.95. The van der Waals surface area contributed by atoms with E-state index in [0.29, 0.717) is 16.6 Å². The Morgan fingerprint density at radius 1 is 1.22 bits per heavy atom. The average molecular weight is 355 g/mol. The van der Waals surface area contributed by atoms with Gasteiger partial charge in [0.05, 0.1) is 5.57 Å². The zero-order valence-corrected chi connectivity index (χ0v) is 14.7. The van der Waals surface area contributed by atoms with Crippen molar-refractivity contribution in [3.05, 3.63) is 45.6 Å². The number of hydrogen-bond acceptors (Lipinski definition) is 4. The summed E-state index contributed by atoms with van der Waals surface area (Å²) < 4.78 is 0. The Morgan fingerprint density at radius 2 is 1.87 bits per heavy atom. The number of Topliss-reactive ketones (excluding diaryl/α,β-unsaturated/α-hetero) is 2. The molecule has 0 radical (unpaired) electrons. The summed E-state index contributed by atoms with van der Waals surface area (Å²) in [4.78, 5) is 26.6. The molecule has 0 atom stereocenters. The molecular formula is C17H20Cl2N2O2. The molecule has 6 heteroatoms. The van der Waals surface area contributed by atoms with Crippen LogP contribution in [0.25, 0.3) is 0 Å². The fraction of sp³-hybridized carbons (Fsp3) is 0.412. The van der Waals surface area contributed by atoms with Crippen molar-refractivity contribution >= 4 is 34.8 Å². The maximum absolute atomic E-state index is 12.3. The Balaban J connectivity index is 2.07. The molecular weight excluding hydrogens is 335 g/mol. The first kappa shape index (κ1) is 18.0. The minimum absolute atomic E-state index is 0.153. The average Bonchev–Trinajstić information content (AvgIpc) is 2.47. The molecule has 23 heavy (non-hydrogen) atoms. The summed E-state index contributed by atoms with van der Waals surface area (Å²) in [5.74, 6) is -0.514. The standard InChI is InChI=1S/C17H20Cl2N2O2/c1-21(2)6-5-20-10-14-16(22)7-11(8-17(14)23)13-9-12(18)3-4-15(13)19/h3-4,9-11,20H,5-8H2,1-2H3. The number of carbonyl (C=O) groups is 2. The lowest BCUT2D eigenvalue weighted by molar-refractivity contribution is -0.124. The summed E-state index contributed by atoms with van der Waals surface area (Å²) in [5, 5.41) is 4.12. The smallest absolute Gasteiger partial charge is 0.168 e. The van der Waals surface area contributed by atoms with Crippen LogP contribution in [0.1, 0.15) is 24.3 Å². The summed E-state index contributed by atoms with van der Waals surface area (Å²) in [6.07, 6.45) is 2.09. The van der Waals surface area contributed by atoms with Crippen molar-refractivity contribution in [1.29, 1.82) is 0 Å². The third-order valence-electron chi connectivity index (χ3n) is 3.81. The maximum Gasteiger partial charge on any atom is 0.168 e. The first-order valence-electron chi connectivity index (χ1n) is 7.48. The van der Waals surface area contributed by atoms with Gasteiger partial charge in [-0.2, -0.15) is 0 Å². The van der Waals surface area contributed by atoms with Gasteiger partial charge in [0.1, 0.15) is 0 Å². The van der Waals surface area contributed by atoms with Gasteiger partial charge in [-0.25, -0.2) is 0 Å². The van der Waals surface area contributed by atoms with E-state index in [2.05, 4.69) is 5.32 Å². The van der Waals surface area contributed by atoms with Crippen LogP contribution >= 0.6 is 23.2 Å². The van der Waals surface area contributed by atoms with Gasteiger partial charge in [0, 0.05) is 42.2 Å². The maximum atomic E-state index is 12.3. The molecule has 0 amide bonds. The van der Waals surface area contributed by atoms with Gasteiger partial charge in [-0.1, -0.05) is 23.2 Å². The first-order chi connectivity index (χ1) is 10.9. The molecule has 0 aromatic heterocycles. The first-order valence-corrected chi connectivity index (χ1v) is 8.23. The van der Waals surface area contributed by atoms with Crippen LogP contribution in [-0.4, -0.2) is 43.7 Å². The Bertz CT molecular complexity index is 621. The van der Waals surface area contributed by atoms with Crippen molar-refractivity contribution < 1.29 is 9.59 Å². The number of carbonyl (C=O) groups excluding carboxylic acids is 2. The van der Waals surface area contributed by atoms with Crippen molar-refractivity contribution in [2.75, 3.05) is 27.2 Å². The molecule has 0 aliphatic heterocycles. The number of rotatable bonds is 5. The van der Waals surface area contributed by atoms with Crippen LogP contribution in [0.3, 0.4) is 0 Å². The van der Waals surface area contributed by atoms with Crippen molar-refractivity contribution in [2.24, 2.45) is 0 Å².